The van der Waals surface area contributed by atoms with Crippen molar-refractivity contribution in [2.45, 2.75) is 11.0 Å². The highest BCUT2D eigenvalue weighted by molar-refractivity contribution is 7.99. The molecule has 0 radical (unpaired) electrons. The van der Waals surface area contributed by atoms with Crippen LogP contribution in [0, 0.1) is 10.1 Å². The van der Waals surface area contributed by atoms with Gasteiger partial charge in [-0.25, -0.2) is 0 Å². The zero-order valence-electron chi connectivity index (χ0n) is 11.6. The minimum Gasteiger partial charge on any atom is -0.508 e. The normalized spacial score (nSPS) is 11.9. The SMILES string of the molecule is O=[N+]([O-])c1ccc(OCC(O)CSc2cccc(O)c2)cc1. The number of nitrogens with zero attached hydrogens (tertiary/aromatic N) is 1. The number of nitro benzene ring substituents is 1. The standard InChI is InChI=1S/C15H15NO5S/c17-12-2-1-3-15(8-12)22-10-13(18)9-21-14-6-4-11(5-7-14)16(19)20/h1-8,13,17-18H,9-10H2. The highest BCUT2D eigenvalue weighted by Crippen LogP contribution is 2.23. The lowest BCUT2D eigenvalue weighted by Crippen LogP contribution is -2.20. The zero-order chi connectivity index (χ0) is 15.9. The number of rotatable bonds is 7. The lowest BCUT2D eigenvalue weighted by atomic mass is 10.3. The first-order valence-electron chi connectivity index (χ1n) is 6.52. The maximum absolute atomic E-state index is 10.5. The van der Waals surface area contributed by atoms with Gasteiger partial charge in [-0.1, -0.05) is 6.07 Å². The van der Waals surface area contributed by atoms with E-state index in [4.69, 9.17) is 4.74 Å². The van der Waals surface area contributed by atoms with Crippen LogP contribution in [0.15, 0.2) is 53.4 Å². The van der Waals surface area contributed by atoms with Gasteiger partial charge in [0.2, 0.25) is 0 Å². The van der Waals surface area contributed by atoms with Gasteiger partial charge in [0.05, 0.1) is 11.0 Å². The van der Waals surface area contributed by atoms with Crippen LogP contribution in [-0.2, 0) is 0 Å². The molecule has 2 rings (SSSR count). The molecule has 0 aliphatic rings. The van der Waals surface area contributed by atoms with Gasteiger partial charge in [-0.05, 0) is 30.3 Å². The topological polar surface area (TPSA) is 92.8 Å². The summed E-state index contributed by atoms with van der Waals surface area (Å²) in [5.41, 5.74) is -0.00709. The van der Waals surface area contributed by atoms with Gasteiger partial charge >= 0.3 is 0 Å². The number of hydrogen-bond acceptors (Lipinski definition) is 6. The van der Waals surface area contributed by atoms with Crippen molar-refractivity contribution in [2.75, 3.05) is 12.4 Å². The summed E-state index contributed by atoms with van der Waals surface area (Å²) in [6.07, 6.45) is -0.692. The first kappa shape index (κ1) is 16.1. The summed E-state index contributed by atoms with van der Waals surface area (Å²) < 4.78 is 5.38. The molecule has 2 N–H and O–H groups in total. The minimum absolute atomic E-state index is 0.00709. The fourth-order valence-corrected chi connectivity index (χ4v) is 2.53. The van der Waals surface area contributed by atoms with Crippen molar-refractivity contribution in [3.05, 3.63) is 58.6 Å². The van der Waals surface area contributed by atoms with E-state index in [9.17, 15) is 20.3 Å². The molecular formula is C15H15NO5S. The van der Waals surface area contributed by atoms with Crippen molar-refractivity contribution in [1.29, 1.82) is 0 Å². The van der Waals surface area contributed by atoms with Gasteiger partial charge in [0.25, 0.3) is 5.69 Å². The predicted molar refractivity (Wildman–Crippen MR) is 83.4 cm³/mol. The van der Waals surface area contributed by atoms with E-state index in [1.807, 2.05) is 6.07 Å². The van der Waals surface area contributed by atoms with Crippen LogP contribution < -0.4 is 4.74 Å². The zero-order valence-corrected chi connectivity index (χ0v) is 12.4. The third-order valence-corrected chi connectivity index (χ3v) is 3.89. The van der Waals surface area contributed by atoms with Gasteiger partial charge in [-0.2, -0.15) is 0 Å². The average Bonchev–Trinajstić information content (AvgIpc) is 2.51. The fourth-order valence-electron chi connectivity index (χ4n) is 1.67. The smallest absolute Gasteiger partial charge is 0.269 e. The molecule has 0 aliphatic heterocycles. The third-order valence-electron chi connectivity index (χ3n) is 2.75. The number of thioether (sulfide) groups is 1. The molecule has 0 fully saturated rings. The summed E-state index contributed by atoms with van der Waals surface area (Å²) in [5, 5.41) is 29.7. The van der Waals surface area contributed by atoms with Crippen molar-refractivity contribution in [2.24, 2.45) is 0 Å². The summed E-state index contributed by atoms with van der Waals surface area (Å²) in [6.45, 7) is 0.0869. The Morgan fingerprint density at radius 2 is 1.95 bits per heavy atom. The summed E-state index contributed by atoms with van der Waals surface area (Å²) in [5.74, 6) is 1.06. The number of nitro groups is 1. The van der Waals surface area contributed by atoms with Crippen LogP contribution in [0.3, 0.4) is 0 Å². The van der Waals surface area contributed by atoms with Crippen LogP contribution in [0.5, 0.6) is 11.5 Å². The Kier molecular flexibility index (Phi) is 5.62. The van der Waals surface area contributed by atoms with Crippen molar-refractivity contribution in [1.82, 2.24) is 0 Å². The molecule has 0 heterocycles. The largest absolute Gasteiger partial charge is 0.508 e. The van der Waals surface area contributed by atoms with E-state index in [2.05, 4.69) is 0 Å². The molecule has 0 aliphatic carbocycles. The van der Waals surface area contributed by atoms with Gasteiger partial charge in [0.15, 0.2) is 0 Å². The molecule has 22 heavy (non-hydrogen) atoms. The Balaban J connectivity index is 1.77. The van der Waals surface area contributed by atoms with E-state index in [0.717, 1.165) is 4.90 Å². The molecule has 0 bridgehead atoms. The Morgan fingerprint density at radius 1 is 1.23 bits per heavy atom. The first-order valence-corrected chi connectivity index (χ1v) is 7.50. The summed E-state index contributed by atoms with van der Waals surface area (Å²) in [6, 6.07) is 12.5. The van der Waals surface area contributed by atoms with Crippen LogP contribution in [0.1, 0.15) is 0 Å². The predicted octanol–water partition coefficient (Wildman–Crippen LogP) is 2.83. The molecule has 6 nitrogen and oxygen atoms in total. The summed E-state index contributed by atoms with van der Waals surface area (Å²) in [4.78, 5) is 10.9. The fraction of sp³-hybridized carbons (Fsp3) is 0.200. The molecule has 0 saturated heterocycles. The Bertz CT molecular complexity index is 632. The van der Waals surface area contributed by atoms with Crippen LogP contribution in [0.4, 0.5) is 5.69 Å². The van der Waals surface area contributed by atoms with Gasteiger partial charge in [-0.3, -0.25) is 10.1 Å². The van der Waals surface area contributed by atoms with E-state index < -0.39 is 11.0 Å². The maximum Gasteiger partial charge on any atom is 0.269 e. The second-order valence-corrected chi connectivity index (χ2v) is 5.62. The number of phenols is 1. The molecule has 116 valence electrons. The number of phenolic OH excluding ortho intramolecular Hbond substituents is 1. The lowest BCUT2D eigenvalue weighted by Gasteiger charge is -2.12. The Hall–Kier alpha value is -2.25. The van der Waals surface area contributed by atoms with Crippen molar-refractivity contribution >= 4 is 17.4 Å². The number of ether oxygens (including phenoxy) is 1. The highest BCUT2D eigenvalue weighted by Gasteiger charge is 2.08. The van der Waals surface area contributed by atoms with E-state index >= 15 is 0 Å². The molecule has 0 saturated carbocycles. The molecule has 0 aromatic heterocycles. The van der Waals surface area contributed by atoms with Gasteiger partial charge in [-0.15, -0.1) is 11.8 Å². The van der Waals surface area contributed by atoms with E-state index in [0.29, 0.717) is 11.5 Å². The number of aromatic hydroxyl groups is 1. The number of aliphatic hydroxyl groups excluding tert-OH is 1. The molecule has 2 aromatic rings. The quantitative estimate of drug-likeness (QED) is 0.463. The number of non-ortho nitro benzene ring substituents is 1. The molecular weight excluding hydrogens is 306 g/mol. The van der Waals surface area contributed by atoms with Gasteiger partial charge < -0.3 is 14.9 Å². The van der Waals surface area contributed by atoms with Crippen LogP contribution in [-0.4, -0.2) is 33.6 Å². The van der Waals surface area contributed by atoms with Gasteiger partial charge in [0.1, 0.15) is 18.1 Å². The maximum atomic E-state index is 10.5. The van der Waals surface area contributed by atoms with Gasteiger partial charge in [0, 0.05) is 22.8 Å². The summed E-state index contributed by atoms with van der Waals surface area (Å²) in [7, 11) is 0. The first-order chi connectivity index (χ1) is 10.5. The monoisotopic (exact) mass is 321 g/mol. The number of benzene rings is 2. The van der Waals surface area contributed by atoms with Crippen molar-refractivity contribution < 1.29 is 19.9 Å². The van der Waals surface area contributed by atoms with Crippen molar-refractivity contribution in [3.63, 3.8) is 0 Å². The minimum atomic E-state index is -0.692. The number of hydrogen-bond donors (Lipinski definition) is 2. The molecule has 1 atom stereocenters. The lowest BCUT2D eigenvalue weighted by molar-refractivity contribution is -0.384. The van der Waals surface area contributed by atoms with E-state index in [-0.39, 0.29) is 18.0 Å². The Morgan fingerprint density at radius 3 is 2.59 bits per heavy atom. The average molecular weight is 321 g/mol. The van der Waals surface area contributed by atoms with Crippen LogP contribution >= 0.6 is 11.8 Å². The number of aliphatic hydroxyl groups is 1. The third kappa shape index (κ3) is 4.94. The Labute approximate surface area is 131 Å². The molecule has 0 amide bonds. The molecule has 7 heteroatoms. The molecule has 1 unspecified atom stereocenters. The molecule has 0 spiro atoms. The van der Waals surface area contributed by atoms with Crippen molar-refractivity contribution in [3.8, 4) is 11.5 Å². The second kappa shape index (κ2) is 7.67. The van der Waals surface area contributed by atoms with E-state index in [1.165, 1.54) is 36.0 Å². The summed E-state index contributed by atoms with van der Waals surface area (Å²) >= 11 is 1.40. The van der Waals surface area contributed by atoms with Crippen LogP contribution in [0.2, 0.25) is 0 Å². The highest BCUT2D eigenvalue weighted by atomic mass is 32.2. The van der Waals surface area contributed by atoms with Crippen LogP contribution in [0.25, 0.3) is 0 Å². The van der Waals surface area contributed by atoms with E-state index in [1.54, 1.807) is 18.2 Å². The second-order valence-electron chi connectivity index (χ2n) is 4.52. The molecule has 2 aromatic carbocycles.